The molecule has 0 saturated heterocycles. The van der Waals surface area contributed by atoms with Crippen LogP contribution in [0.4, 0.5) is 9.39 Å². The number of hydrogen-bond acceptors (Lipinski definition) is 6. The van der Waals surface area contributed by atoms with Crippen LogP contribution in [-0.4, -0.2) is 24.4 Å². The summed E-state index contributed by atoms with van der Waals surface area (Å²) in [5, 5.41) is 6.21. The molecule has 29 heavy (non-hydrogen) atoms. The van der Waals surface area contributed by atoms with Crippen LogP contribution >= 0.6 is 22.7 Å². The molecule has 0 aliphatic heterocycles. The summed E-state index contributed by atoms with van der Waals surface area (Å²) in [6.07, 6.45) is 1.57. The summed E-state index contributed by atoms with van der Waals surface area (Å²) in [6, 6.07) is 10.7. The highest BCUT2D eigenvalue weighted by Gasteiger charge is 2.18. The van der Waals surface area contributed by atoms with Gasteiger partial charge in [-0.2, -0.15) is 0 Å². The van der Waals surface area contributed by atoms with Gasteiger partial charge in [0, 0.05) is 4.88 Å². The molecular formula is C20H15FN2O4S2. The van der Waals surface area contributed by atoms with Crippen molar-refractivity contribution >= 4 is 57.1 Å². The monoisotopic (exact) mass is 430 g/mol. The molecule has 3 aromatic rings. The SMILES string of the molecule is NC(=O)c1ccsc1NC(=O)COC(=O)C(=Cc1ccc(F)cc1)c1cccs1. The van der Waals surface area contributed by atoms with E-state index < -0.39 is 24.4 Å². The molecule has 0 bridgehead atoms. The van der Waals surface area contributed by atoms with Gasteiger partial charge < -0.3 is 15.8 Å². The Balaban J connectivity index is 1.70. The molecule has 2 heterocycles. The molecule has 0 saturated carbocycles. The second-order valence-electron chi connectivity index (χ2n) is 5.74. The van der Waals surface area contributed by atoms with E-state index in [1.807, 2.05) is 0 Å². The number of carbonyl (C=O) groups is 3. The number of benzene rings is 1. The smallest absolute Gasteiger partial charge is 0.340 e. The van der Waals surface area contributed by atoms with Crippen LogP contribution < -0.4 is 11.1 Å². The molecule has 0 aliphatic rings. The Labute approximate surface area is 173 Å². The van der Waals surface area contributed by atoms with Gasteiger partial charge in [0.2, 0.25) is 0 Å². The molecule has 148 valence electrons. The third kappa shape index (κ3) is 5.37. The number of nitrogens with two attached hydrogens (primary N) is 1. The number of nitrogens with one attached hydrogen (secondary N) is 1. The maximum Gasteiger partial charge on any atom is 0.340 e. The Hall–Kier alpha value is -3.30. The normalized spacial score (nSPS) is 11.1. The standard InChI is InChI=1S/C20H15FN2O4S2/c21-13-5-3-12(4-6-13)10-15(16-2-1-8-28-16)20(26)27-11-17(24)23-19-14(18(22)25)7-9-29-19/h1-10H,11H2,(H2,22,25)(H,23,24). The van der Waals surface area contributed by atoms with Crippen LogP contribution in [0.3, 0.4) is 0 Å². The molecule has 0 atom stereocenters. The third-order valence-electron chi connectivity index (χ3n) is 3.71. The van der Waals surface area contributed by atoms with E-state index in [0.29, 0.717) is 15.4 Å². The zero-order chi connectivity index (χ0) is 20.8. The zero-order valence-corrected chi connectivity index (χ0v) is 16.5. The zero-order valence-electron chi connectivity index (χ0n) is 14.9. The average molecular weight is 430 g/mol. The Kier molecular flexibility index (Phi) is 6.53. The van der Waals surface area contributed by atoms with Gasteiger partial charge in [0.05, 0.1) is 11.1 Å². The fourth-order valence-electron chi connectivity index (χ4n) is 2.36. The van der Waals surface area contributed by atoms with Gasteiger partial charge in [0.1, 0.15) is 10.8 Å². The maximum atomic E-state index is 13.1. The van der Waals surface area contributed by atoms with E-state index in [2.05, 4.69) is 5.32 Å². The van der Waals surface area contributed by atoms with Gasteiger partial charge in [-0.1, -0.05) is 18.2 Å². The number of hydrogen-bond donors (Lipinski definition) is 2. The van der Waals surface area contributed by atoms with Gasteiger partial charge in [0.25, 0.3) is 11.8 Å². The number of rotatable bonds is 7. The molecule has 3 N–H and O–H groups in total. The summed E-state index contributed by atoms with van der Waals surface area (Å²) >= 11 is 2.47. The first kappa shape index (κ1) is 20.4. The minimum absolute atomic E-state index is 0.185. The minimum Gasteiger partial charge on any atom is -0.452 e. The first-order valence-corrected chi connectivity index (χ1v) is 10.1. The summed E-state index contributed by atoms with van der Waals surface area (Å²) in [5.41, 5.74) is 6.28. The maximum absolute atomic E-state index is 13.1. The molecule has 0 unspecified atom stereocenters. The summed E-state index contributed by atoms with van der Waals surface area (Å²) < 4.78 is 18.3. The number of anilines is 1. The Morgan fingerprint density at radius 1 is 1.07 bits per heavy atom. The van der Waals surface area contributed by atoms with Crippen LogP contribution in [0, 0.1) is 5.82 Å². The van der Waals surface area contributed by atoms with Crippen molar-refractivity contribution in [2.75, 3.05) is 11.9 Å². The van der Waals surface area contributed by atoms with E-state index in [9.17, 15) is 18.8 Å². The predicted molar refractivity (Wildman–Crippen MR) is 111 cm³/mol. The molecule has 9 heteroatoms. The number of amides is 2. The highest BCUT2D eigenvalue weighted by molar-refractivity contribution is 7.14. The molecule has 0 aliphatic carbocycles. The lowest BCUT2D eigenvalue weighted by Gasteiger charge is -2.08. The second-order valence-corrected chi connectivity index (χ2v) is 7.60. The number of esters is 1. The van der Waals surface area contributed by atoms with Crippen molar-refractivity contribution in [3.8, 4) is 0 Å². The van der Waals surface area contributed by atoms with Crippen LogP contribution in [0.15, 0.2) is 53.2 Å². The van der Waals surface area contributed by atoms with E-state index in [1.165, 1.54) is 41.7 Å². The van der Waals surface area contributed by atoms with Crippen LogP contribution in [0.1, 0.15) is 20.8 Å². The van der Waals surface area contributed by atoms with E-state index in [-0.39, 0.29) is 17.0 Å². The summed E-state index contributed by atoms with van der Waals surface area (Å²) in [6.45, 7) is -0.541. The first-order chi connectivity index (χ1) is 13.9. The Bertz CT molecular complexity index is 1060. The lowest BCUT2D eigenvalue weighted by molar-refractivity contribution is -0.141. The van der Waals surface area contributed by atoms with Crippen molar-refractivity contribution in [1.82, 2.24) is 0 Å². The predicted octanol–water partition coefficient (Wildman–Crippen LogP) is 3.77. The van der Waals surface area contributed by atoms with Gasteiger partial charge in [-0.25, -0.2) is 9.18 Å². The Morgan fingerprint density at radius 3 is 2.48 bits per heavy atom. The average Bonchev–Trinajstić information content (AvgIpc) is 3.37. The van der Waals surface area contributed by atoms with Crippen LogP contribution in [-0.2, 0) is 14.3 Å². The van der Waals surface area contributed by atoms with Crippen LogP contribution in [0.25, 0.3) is 11.6 Å². The highest BCUT2D eigenvalue weighted by atomic mass is 32.1. The summed E-state index contributed by atoms with van der Waals surface area (Å²) in [5.74, 6) is -2.35. The molecule has 1 aromatic carbocycles. The molecule has 2 aromatic heterocycles. The first-order valence-electron chi connectivity index (χ1n) is 8.29. The van der Waals surface area contributed by atoms with Gasteiger partial charge in [-0.3, -0.25) is 9.59 Å². The minimum atomic E-state index is -0.701. The fraction of sp³-hybridized carbons (Fsp3) is 0.0500. The van der Waals surface area contributed by atoms with Crippen LogP contribution in [0.5, 0.6) is 0 Å². The third-order valence-corrected chi connectivity index (χ3v) is 5.44. The number of halogens is 1. The van der Waals surface area contributed by atoms with Crippen LogP contribution in [0.2, 0.25) is 0 Å². The van der Waals surface area contributed by atoms with E-state index >= 15 is 0 Å². The molecule has 0 radical (unpaired) electrons. The van der Waals surface area contributed by atoms with Gasteiger partial charge in [0.15, 0.2) is 6.61 Å². The highest BCUT2D eigenvalue weighted by Crippen LogP contribution is 2.25. The number of primary amides is 1. The fourth-order valence-corrected chi connectivity index (χ4v) is 3.90. The van der Waals surface area contributed by atoms with E-state index in [1.54, 1.807) is 29.0 Å². The van der Waals surface area contributed by atoms with E-state index in [4.69, 9.17) is 10.5 Å². The van der Waals surface area contributed by atoms with Gasteiger partial charge in [-0.05, 0) is 46.7 Å². The number of carbonyl (C=O) groups excluding carboxylic acids is 3. The molecule has 6 nitrogen and oxygen atoms in total. The lowest BCUT2D eigenvalue weighted by Crippen LogP contribution is -2.22. The van der Waals surface area contributed by atoms with Crippen molar-refractivity contribution in [3.63, 3.8) is 0 Å². The van der Waals surface area contributed by atoms with Gasteiger partial charge >= 0.3 is 5.97 Å². The Morgan fingerprint density at radius 2 is 1.83 bits per heavy atom. The topological polar surface area (TPSA) is 98.5 Å². The molecule has 0 fully saturated rings. The van der Waals surface area contributed by atoms with Crippen molar-refractivity contribution in [2.24, 2.45) is 5.73 Å². The van der Waals surface area contributed by atoms with Crippen molar-refractivity contribution in [1.29, 1.82) is 0 Å². The second kappa shape index (κ2) is 9.26. The summed E-state index contributed by atoms with van der Waals surface area (Å²) in [4.78, 5) is 36.6. The number of ether oxygens (including phenoxy) is 1. The molecule has 0 spiro atoms. The van der Waals surface area contributed by atoms with Crippen molar-refractivity contribution in [2.45, 2.75) is 0 Å². The lowest BCUT2D eigenvalue weighted by atomic mass is 10.1. The molecule has 2 amide bonds. The summed E-state index contributed by atoms with van der Waals surface area (Å²) in [7, 11) is 0. The quantitative estimate of drug-likeness (QED) is 0.440. The van der Waals surface area contributed by atoms with Crippen molar-refractivity contribution < 1.29 is 23.5 Å². The molecular weight excluding hydrogens is 415 g/mol. The molecule has 3 rings (SSSR count). The van der Waals surface area contributed by atoms with Crippen molar-refractivity contribution in [3.05, 3.63) is 75.0 Å². The largest absolute Gasteiger partial charge is 0.452 e. The number of thiophene rings is 2. The van der Waals surface area contributed by atoms with E-state index in [0.717, 1.165) is 11.3 Å². The van der Waals surface area contributed by atoms with Gasteiger partial charge in [-0.15, -0.1) is 22.7 Å².